The predicted octanol–water partition coefficient (Wildman–Crippen LogP) is 2.26. The average Bonchev–Trinajstić information content (AvgIpc) is 2.41. The number of piperidine rings is 1. The smallest absolute Gasteiger partial charge is 0.244 e. The molecule has 1 saturated heterocycles. The van der Waals surface area contributed by atoms with Crippen molar-refractivity contribution in [3.05, 3.63) is 28.2 Å². The molecule has 1 aliphatic rings. The Morgan fingerprint density at radius 3 is 2.84 bits per heavy atom. The van der Waals surface area contributed by atoms with Gasteiger partial charge in [0.2, 0.25) is 10.0 Å². The summed E-state index contributed by atoms with van der Waals surface area (Å²) in [6, 6.07) is 5.23. The highest BCUT2D eigenvalue weighted by Gasteiger charge is 2.33. The maximum absolute atomic E-state index is 12.8. The topological polar surface area (TPSA) is 63.4 Å². The molecule has 4 nitrogen and oxygen atoms in total. The fourth-order valence-electron chi connectivity index (χ4n) is 2.47. The highest BCUT2D eigenvalue weighted by atomic mass is 79.9. The van der Waals surface area contributed by atoms with Crippen LogP contribution in [0.3, 0.4) is 0 Å². The Morgan fingerprint density at radius 2 is 2.16 bits per heavy atom. The van der Waals surface area contributed by atoms with Crippen LogP contribution in [0.15, 0.2) is 27.6 Å². The van der Waals surface area contributed by atoms with Crippen LogP contribution in [0.1, 0.15) is 24.8 Å². The van der Waals surface area contributed by atoms with Gasteiger partial charge in [0.05, 0.1) is 4.90 Å². The first-order chi connectivity index (χ1) is 8.98. The summed E-state index contributed by atoms with van der Waals surface area (Å²) in [5.74, 6) is 0. The largest absolute Gasteiger partial charge is 0.329 e. The van der Waals surface area contributed by atoms with E-state index in [2.05, 4.69) is 15.9 Å². The van der Waals surface area contributed by atoms with Crippen LogP contribution in [-0.4, -0.2) is 31.9 Å². The van der Waals surface area contributed by atoms with Crippen molar-refractivity contribution in [1.29, 1.82) is 0 Å². The summed E-state index contributed by atoms with van der Waals surface area (Å²) >= 11 is 3.39. The Morgan fingerprint density at radius 1 is 1.42 bits per heavy atom. The molecule has 1 unspecified atom stereocenters. The molecule has 1 aliphatic heterocycles. The van der Waals surface area contributed by atoms with Crippen LogP contribution in [0.25, 0.3) is 0 Å². The molecule has 0 radical (unpaired) electrons. The van der Waals surface area contributed by atoms with Crippen molar-refractivity contribution in [2.75, 3.05) is 13.1 Å². The zero-order valence-electron chi connectivity index (χ0n) is 11.0. The second kappa shape index (κ2) is 5.91. The van der Waals surface area contributed by atoms with Crippen LogP contribution in [0.2, 0.25) is 0 Å². The van der Waals surface area contributed by atoms with Gasteiger partial charge < -0.3 is 5.73 Å². The Kier molecular flexibility index (Phi) is 4.66. The molecule has 19 heavy (non-hydrogen) atoms. The van der Waals surface area contributed by atoms with Crippen molar-refractivity contribution in [2.24, 2.45) is 5.73 Å². The van der Waals surface area contributed by atoms with E-state index in [1.165, 1.54) is 0 Å². The number of halogens is 1. The molecule has 0 saturated carbocycles. The maximum atomic E-state index is 12.8. The van der Waals surface area contributed by atoms with Crippen molar-refractivity contribution < 1.29 is 8.42 Å². The summed E-state index contributed by atoms with van der Waals surface area (Å²) in [4.78, 5) is 0.341. The van der Waals surface area contributed by atoms with Crippen LogP contribution in [0.5, 0.6) is 0 Å². The number of sulfonamides is 1. The van der Waals surface area contributed by atoms with Crippen molar-refractivity contribution in [3.8, 4) is 0 Å². The molecule has 1 aromatic rings. The summed E-state index contributed by atoms with van der Waals surface area (Å²) in [6.45, 7) is 2.83. The van der Waals surface area contributed by atoms with E-state index in [0.29, 0.717) is 22.5 Å². The lowest BCUT2D eigenvalue weighted by Gasteiger charge is -2.34. The third kappa shape index (κ3) is 2.86. The SMILES string of the molecule is Cc1cccc(S(=O)(=O)N2CCCCC2CN)c1Br. The zero-order valence-corrected chi connectivity index (χ0v) is 13.4. The number of nitrogens with two attached hydrogens (primary N) is 1. The summed E-state index contributed by atoms with van der Waals surface area (Å²) in [7, 11) is -3.47. The predicted molar refractivity (Wildman–Crippen MR) is 79.5 cm³/mol. The van der Waals surface area contributed by atoms with Gasteiger partial charge in [-0.3, -0.25) is 0 Å². The van der Waals surface area contributed by atoms with E-state index < -0.39 is 10.0 Å². The van der Waals surface area contributed by atoms with Gasteiger partial charge in [-0.15, -0.1) is 0 Å². The maximum Gasteiger partial charge on any atom is 0.244 e. The number of nitrogens with zero attached hydrogens (tertiary/aromatic N) is 1. The minimum absolute atomic E-state index is 0.0776. The minimum atomic E-state index is -3.47. The number of aryl methyl sites for hydroxylation is 1. The van der Waals surface area contributed by atoms with Crippen molar-refractivity contribution >= 4 is 26.0 Å². The Labute approximate surface area is 123 Å². The van der Waals surface area contributed by atoms with E-state index in [9.17, 15) is 8.42 Å². The molecule has 1 aromatic carbocycles. The first-order valence-corrected chi connectivity index (χ1v) is 8.69. The lowest BCUT2D eigenvalue weighted by Crippen LogP contribution is -2.47. The van der Waals surface area contributed by atoms with Crippen LogP contribution in [0.4, 0.5) is 0 Å². The molecule has 0 bridgehead atoms. The molecule has 2 N–H and O–H groups in total. The van der Waals surface area contributed by atoms with E-state index in [1.807, 2.05) is 13.0 Å². The van der Waals surface area contributed by atoms with Crippen LogP contribution in [0, 0.1) is 6.92 Å². The number of benzene rings is 1. The lowest BCUT2D eigenvalue weighted by molar-refractivity contribution is 0.257. The molecule has 1 fully saturated rings. The van der Waals surface area contributed by atoms with Crippen molar-refractivity contribution in [3.63, 3.8) is 0 Å². The molecular formula is C13H19BrN2O2S. The van der Waals surface area contributed by atoms with Gasteiger partial charge in [0.15, 0.2) is 0 Å². The van der Waals surface area contributed by atoms with Gasteiger partial charge in [0.25, 0.3) is 0 Å². The first kappa shape index (κ1) is 15.0. The van der Waals surface area contributed by atoms with E-state index in [4.69, 9.17) is 5.73 Å². The Balaban J connectivity index is 2.44. The summed E-state index contributed by atoms with van der Waals surface area (Å²) < 4.78 is 27.8. The third-order valence-corrected chi connectivity index (χ3v) is 6.90. The molecule has 1 atom stereocenters. The molecule has 6 heteroatoms. The quantitative estimate of drug-likeness (QED) is 0.912. The molecule has 0 aromatic heterocycles. The highest BCUT2D eigenvalue weighted by Crippen LogP contribution is 2.31. The fraction of sp³-hybridized carbons (Fsp3) is 0.538. The number of rotatable bonds is 3. The van der Waals surface area contributed by atoms with E-state index in [1.54, 1.807) is 16.4 Å². The van der Waals surface area contributed by atoms with Gasteiger partial charge in [-0.25, -0.2) is 8.42 Å². The first-order valence-electron chi connectivity index (χ1n) is 6.45. The van der Waals surface area contributed by atoms with Crippen molar-refractivity contribution in [1.82, 2.24) is 4.31 Å². The molecule has 0 amide bonds. The Bertz CT molecular complexity index is 560. The summed E-state index contributed by atoms with van der Waals surface area (Å²) in [5.41, 5.74) is 6.64. The number of hydrogen-bond acceptors (Lipinski definition) is 3. The molecule has 0 aliphatic carbocycles. The lowest BCUT2D eigenvalue weighted by atomic mass is 10.1. The second-order valence-electron chi connectivity index (χ2n) is 4.89. The van der Waals surface area contributed by atoms with Gasteiger partial charge >= 0.3 is 0 Å². The second-order valence-corrected chi connectivity index (χ2v) is 7.54. The van der Waals surface area contributed by atoms with Crippen LogP contribution < -0.4 is 5.73 Å². The standard InChI is InChI=1S/C13H19BrN2O2S/c1-10-5-4-7-12(13(10)14)19(17,18)16-8-3-2-6-11(16)9-15/h4-5,7,11H,2-3,6,8-9,15H2,1H3. The monoisotopic (exact) mass is 346 g/mol. The fourth-order valence-corrected chi connectivity index (χ4v) is 5.19. The van der Waals surface area contributed by atoms with E-state index >= 15 is 0 Å². The van der Waals surface area contributed by atoms with Gasteiger partial charge in [-0.05, 0) is 47.3 Å². The normalized spacial score (nSPS) is 21.5. The van der Waals surface area contributed by atoms with Gasteiger partial charge in [0, 0.05) is 23.6 Å². The third-order valence-electron chi connectivity index (χ3n) is 3.59. The molecule has 0 spiro atoms. The van der Waals surface area contributed by atoms with Gasteiger partial charge in [-0.2, -0.15) is 4.31 Å². The van der Waals surface area contributed by atoms with E-state index in [-0.39, 0.29) is 6.04 Å². The Hall–Kier alpha value is -0.430. The minimum Gasteiger partial charge on any atom is -0.329 e. The number of hydrogen-bond donors (Lipinski definition) is 1. The highest BCUT2D eigenvalue weighted by molar-refractivity contribution is 9.10. The molecule has 2 rings (SSSR count). The molecular weight excluding hydrogens is 328 g/mol. The molecule has 1 heterocycles. The van der Waals surface area contributed by atoms with Gasteiger partial charge in [0.1, 0.15) is 0 Å². The molecule has 106 valence electrons. The average molecular weight is 347 g/mol. The summed E-state index contributed by atoms with van der Waals surface area (Å²) in [6.07, 6.45) is 2.79. The summed E-state index contributed by atoms with van der Waals surface area (Å²) in [5, 5.41) is 0. The van der Waals surface area contributed by atoms with Crippen LogP contribution in [-0.2, 0) is 10.0 Å². The van der Waals surface area contributed by atoms with Crippen molar-refractivity contribution in [2.45, 2.75) is 37.1 Å². The van der Waals surface area contributed by atoms with E-state index in [0.717, 1.165) is 24.8 Å². The zero-order chi connectivity index (χ0) is 14.0. The van der Waals surface area contributed by atoms with Gasteiger partial charge in [-0.1, -0.05) is 18.6 Å². The van der Waals surface area contributed by atoms with Crippen LogP contribution >= 0.6 is 15.9 Å².